The first-order valence-electron chi connectivity index (χ1n) is 4.97. The van der Waals surface area contributed by atoms with Crippen LogP contribution in [0.3, 0.4) is 0 Å². The van der Waals surface area contributed by atoms with E-state index in [0.717, 1.165) is 18.4 Å². The maximum atomic E-state index is 13.3. The summed E-state index contributed by atoms with van der Waals surface area (Å²) < 4.78 is 13.3. The van der Waals surface area contributed by atoms with Crippen LogP contribution in [0, 0.1) is 19.7 Å². The Balaban J connectivity index is 3.00. The highest BCUT2D eigenvalue weighted by molar-refractivity contribution is 6.20. The summed E-state index contributed by atoms with van der Waals surface area (Å²) in [5, 5.41) is 0.0120. The molecule has 0 spiro atoms. The molecule has 0 amide bonds. The molecular formula is C12H16ClF. The zero-order chi connectivity index (χ0) is 10.7. The molecule has 0 N–H and O–H groups in total. The summed E-state index contributed by atoms with van der Waals surface area (Å²) in [6, 6.07) is 3.69. The molecule has 1 atom stereocenters. The van der Waals surface area contributed by atoms with Gasteiger partial charge in [-0.05, 0) is 37.0 Å². The molecule has 2 heteroatoms. The third-order valence-electron chi connectivity index (χ3n) is 2.36. The standard InChI is InChI=1S/C12H16ClF/c1-4-5-11(13)10-6-8(2)12(14)9(3)7-10/h6-7,11H,4-5H2,1-3H3. The van der Waals surface area contributed by atoms with Crippen molar-refractivity contribution in [1.82, 2.24) is 0 Å². The van der Waals surface area contributed by atoms with Crippen molar-refractivity contribution < 1.29 is 4.39 Å². The van der Waals surface area contributed by atoms with Gasteiger partial charge in [-0.15, -0.1) is 11.6 Å². The number of halogens is 2. The van der Waals surface area contributed by atoms with Crippen molar-refractivity contribution in [3.8, 4) is 0 Å². The predicted octanol–water partition coefficient (Wildman–Crippen LogP) is 4.52. The molecule has 0 bridgehead atoms. The lowest BCUT2D eigenvalue weighted by atomic mass is 10.0. The van der Waals surface area contributed by atoms with Gasteiger partial charge in [-0.2, -0.15) is 0 Å². The minimum atomic E-state index is -0.117. The number of hydrogen-bond donors (Lipinski definition) is 0. The molecule has 1 aromatic rings. The van der Waals surface area contributed by atoms with Gasteiger partial charge in [0.25, 0.3) is 0 Å². The quantitative estimate of drug-likeness (QED) is 0.649. The summed E-state index contributed by atoms with van der Waals surface area (Å²) in [5.41, 5.74) is 2.40. The predicted molar refractivity (Wildman–Crippen MR) is 59.4 cm³/mol. The van der Waals surface area contributed by atoms with E-state index >= 15 is 0 Å². The number of benzene rings is 1. The van der Waals surface area contributed by atoms with Crippen molar-refractivity contribution in [2.45, 2.75) is 39.0 Å². The van der Waals surface area contributed by atoms with Gasteiger partial charge in [0, 0.05) is 0 Å². The molecule has 14 heavy (non-hydrogen) atoms. The van der Waals surface area contributed by atoms with Gasteiger partial charge in [0.1, 0.15) is 5.82 Å². The van der Waals surface area contributed by atoms with Gasteiger partial charge in [0.2, 0.25) is 0 Å². The molecule has 0 saturated carbocycles. The van der Waals surface area contributed by atoms with Gasteiger partial charge >= 0.3 is 0 Å². The Morgan fingerprint density at radius 3 is 2.21 bits per heavy atom. The van der Waals surface area contributed by atoms with Gasteiger partial charge in [0.05, 0.1) is 5.38 Å². The molecule has 0 heterocycles. The highest BCUT2D eigenvalue weighted by Crippen LogP contribution is 2.28. The van der Waals surface area contributed by atoms with E-state index in [0.29, 0.717) is 11.1 Å². The molecule has 0 radical (unpaired) electrons. The Bertz CT molecular complexity index is 297. The van der Waals surface area contributed by atoms with E-state index in [1.165, 1.54) is 0 Å². The normalized spacial score (nSPS) is 12.9. The minimum Gasteiger partial charge on any atom is -0.206 e. The summed E-state index contributed by atoms with van der Waals surface area (Å²) in [7, 11) is 0. The van der Waals surface area contributed by atoms with Crippen LogP contribution >= 0.6 is 11.6 Å². The summed E-state index contributed by atoms with van der Waals surface area (Å²) in [4.78, 5) is 0. The number of rotatable bonds is 3. The molecule has 0 aliphatic rings. The van der Waals surface area contributed by atoms with Gasteiger partial charge in [-0.1, -0.05) is 25.5 Å². The number of alkyl halides is 1. The second-order valence-electron chi connectivity index (χ2n) is 3.72. The first-order valence-corrected chi connectivity index (χ1v) is 5.40. The van der Waals surface area contributed by atoms with Crippen molar-refractivity contribution in [2.24, 2.45) is 0 Å². The largest absolute Gasteiger partial charge is 0.206 e. The SMILES string of the molecule is CCCC(Cl)c1cc(C)c(F)c(C)c1. The van der Waals surface area contributed by atoms with Crippen LogP contribution in [0.5, 0.6) is 0 Å². The van der Waals surface area contributed by atoms with Gasteiger partial charge < -0.3 is 0 Å². The second-order valence-corrected chi connectivity index (χ2v) is 4.25. The van der Waals surface area contributed by atoms with Crippen LogP contribution in [0.2, 0.25) is 0 Å². The van der Waals surface area contributed by atoms with Crippen molar-refractivity contribution in [3.63, 3.8) is 0 Å². The first-order chi connectivity index (χ1) is 6.56. The van der Waals surface area contributed by atoms with E-state index in [4.69, 9.17) is 11.6 Å². The molecule has 78 valence electrons. The smallest absolute Gasteiger partial charge is 0.129 e. The fourth-order valence-electron chi connectivity index (χ4n) is 1.58. The Kier molecular flexibility index (Phi) is 3.94. The molecule has 0 aliphatic heterocycles. The Morgan fingerprint density at radius 1 is 1.29 bits per heavy atom. The lowest BCUT2D eigenvalue weighted by Gasteiger charge is -2.11. The van der Waals surface area contributed by atoms with Crippen molar-refractivity contribution in [1.29, 1.82) is 0 Å². The average molecular weight is 215 g/mol. The fraction of sp³-hybridized carbons (Fsp3) is 0.500. The molecule has 1 rings (SSSR count). The van der Waals surface area contributed by atoms with Crippen molar-refractivity contribution in [3.05, 3.63) is 34.6 Å². The van der Waals surface area contributed by atoms with E-state index in [2.05, 4.69) is 6.92 Å². The van der Waals surface area contributed by atoms with Gasteiger partial charge in [-0.3, -0.25) is 0 Å². The first kappa shape index (κ1) is 11.5. The number of hydrogen-bond acceptors (Lipinski definition) is 0. The van der Waals surface area contributed by atoms with Gasteiger partial charge in [0.15, 0.2) is 0 Å². The zero-order valence-electron chi connectivity index (χ0n) is 8.90. The summed E-state index contributed by atoms with van der Waals surface area (Å²) in [5.74, 6) is -0.117. The molecule has 1 aromatic carbocycles. The fourth-order valence-corrected chi connectivity index (χ4v) is 1.92. The van der Waals surface area contributed by atoms with Crippen LogP contribution in [0.1, 0.15) is 41.8 Å². The monoisotopic (exact) mass is 214 g/mol. The molecular weight excluding hydrogens is 199 g/mol. The van der Waals surface area contributed by atoms with Crippen LogP contribution in [0.15, 0.2) is 12.1 Å². The molecule has 0 aliphatic carbocycles. The van der Waals surface area contributed by atoms with Crippen LogP contribution < -0.4 is 0 Å². The molecule has 0 aromatic heterocycles. The molecule has 0 nitrogen and oxygen atoms in total. The van der Waals surface area contributed by atoms with Crippen LogP contribution in [0.25, 0.3) is 0 Å². The lowest BCUT2D eigenvalue weighted by Crippen LogP contribution is -1.95. The second kappa shape index (κ2) is 4.79. The van der Waals surface area contributed by atoms with E-state index in [1.807, 2.05) is 12.1 Å². The third-order valence-corrected chi connectivity index (χ3v) is 2.83. The third kappa shape index (κ3) is 2.48. The van der Waals surface area contributed by atoms with Crippen molar-refractivity contribution in [2.75, 3.05) is 0 Å². The Hall–Kier alpha value is -0.560. The zero-order valence-corrected chi connectivity index (χ0v) is 9.66. The van der Waals surface area contributed by atoms with Crippen LogP contribution in [-0.4, -0.2) is 0 Å². The van der Waals surface area contributed by atoms with E-state index < -0.39 is 0 Å². The highest BCUT2D eigenvalue weighted by atomic mass is 35.5. The number of aryl methyl sites for hydroxylation is 2. The molecule has 1 unspecified atom stereocenters. The minimum absolute atomic E-state index is 0.0120. The topological polar surface area (TPSA) is 0 Å². The maximum absolute atomic E-state index is 13.3. The Morgan fingerprint density at radius 2 is 1.79 bits per heavy atom. The summed E-state index contributed by atoms with van der Waals surface area (Å²) in [6.07, 6.45) is 1.98. The molecule has 0 fully saturated rings. The average Bonchev–Trinajstić information content (AvgIpc) is 2.13. The van der Waals surface area contributed by atoms with Crippen molar-refractivity contribution >= 4 is 11.6 Å². The lowest BCUT2D eigenvalue weighted by molar-refractivity contribution is 0.607. The summed E-state index contributed by atoms with van der Waals surface area (Å²) in [6.45, 7) is 5.65. The highest BCUT2D eigenvalue weighted by Gasteiger charge is 2.10. The van der Waals surface area contributed by atoms with Gasteiger partial charge in [-0.25, -0.2) is 4.39 Å². The van der Waals surface area contributed by atoms with E-state index in [1.54, 1.807) is 13.8 Å². The van der Waals surface area contributed by atoms with E-state index in [9.17, 15) is 4.39 Å². The maximum Gasteiger partial charge on any atom is 0.129 e. The van der Waals surface area contributed by atoms with Crippen LogP contribution in [-0.2, 0) is 0 Å². The summed E-state index contributed by atoms with van der Waals surface area (Å²) >= 11 is 6.18. The van der Waals surface area contributed by atoms with Crippen LogP contribution in [0.4, 0.5) is 4.39 Å². The molecule has 0 saturated heterocycles. The Labute approximate surface area is 90.1 Å². The van der Waals surface area contributed by atoms with E-state index in [-0.39, 0.29) is 11.2 Å².